The standard InChI is InChI=1S/C11H13Br/c1-3-4-5-10-8-9(2)6-7-11(10)12/h3,6-8H,1,4-5H2,2H3. The predicted octanol–water partition coefficient (Wildman–Crippen LogP) is 3.88. The van der Waals surface area contributed by atoms with Crippen molar-refractivity contribution < 1.29 is 0 Å². The normalized spacial score (nSPS) is 9.83. The number of aryl methyl sites for hydroxylation is 2. The smallest absolute Gasteiger partial charge is 0.0207 e. The first kappa shape index (κ1) is 9.53. The summed E-state index contributed by atoms with van der Waals surface area (Å²) < 4.78 is 1.20. The lowest BCUT2D eigenvalue weighted by Gasteiger charge is -2.03. The zero-order valence-electron chi connectivity index (χ0n) is 7.31. The average molecular weight is 225 g/mol. The van der Waals surface area contributed by atoms with Crippen LogP contribution in [-0.2, 0) is 6.42 Å². The second kappa shape index (κ2) is 4.46. The number of benzene rings is 1. The van der Waals surface area contributed by atoms with E-state index in [1.54, 1.807) is 0 Å². The van der Waals surface area contributed by atoms with Gasteiger partial charge >= 0.3 is 0 Å². The third kappa shape index (κ3) is 2.49. The van der Waals surface area contributed by atoms with E-state index in [-0.39, 0.29) is 0 Å². The summed E-state index contributed by atoms with van der Waals surface area (Å²) in [5, 5.41) is 0. The number of halogens is 1. The van der Waals surface area contributed by atoms with Crippen LogP contribution in [0, 0.1) is 6.92 Å². The molecule has 0 spiro atoms. The molecule has 0 atom stereocenters. The van der Waals surface area contributed by atoms with E-state index >= 15 is 0 Å². The topological polar surface area (TPSA) is 0 Å². The number of rotatable bonds is 3. The Balaban J connectivity index is 2.82. The zero-order valence-corrected chi connectivity index (χ0v) is 8.89. The quantitative estimate of drug-likeness (QED) is 0.685. The van der Waals surface area contributed by atoms with E-state index in [1.807, 2.05) is 6.08 Å². The van der Waals surface area contributed by atoms with Crippen LogP contribution in [0.1, 0.15) is 17.5 Å². The van der Waals surface area contributed by atoms with Crippen LogP contribution in [0.4, 0.5) is 0 Å². The lowest BCUT2D eigenvalue weighted by atomic mass is 10.1. The van der Waals surface area contributed by atoms with Gasteiger partial charge in [-0.15, -0.1) is 6.58 Å². The minimum Gasteiger partial charge on any atom is -0.103 e. The van der Waals surface area contributed by atoms with E-state index in [4.69, 9.17) is 0 Å². The Bertz CT molecular complexity index is 276. The third-order valence-corrected chi connectivity index (χ3v) is 2.59. The fourth-order valence-electron chi connectivity index (χ4n) is 1.15. The Hall–Kier alpha value is -0.560. The highest BCUT2D eigenvalue weighted by atomic mass is 79.9. The average Bonchev–Trinajstić information content (AvgIpc) is 2.07. The maximum atomic E-state index is 3.71. The van der Waals surface area contributed by atoms with Crippen LogP contribution in [-0.4, -0.2) is 0 Å². The van der Waals surface area contributed by atoms with Gasteiger partial charge in [0.1, 0.15) is 0 Å². The molecular formula is C11H13Br. The van der Waals surface area contributed by atoms with Crippen molar-refractivity contribution in [2.75, 3.05) is 0 Å². The summed E-state index contributed by atoms with van der Waals surface area (Å²) in [6, 6.07) is 6.43. The molecule has 0 unspecified atom stereocenters. The van der Waals surface area contributed by atoms with Gasteiger partial charge in [0.05, 0.1) is 0 Å². The first-order valence-corrected chi connectivity index (χ1v) is 4.89. The molecule has 0 aliphatic carbocycles. The van der Waals surface area contributed by atoms with Gasteiger partial charge in [-0.3, -0.25) is 0 Å². The molecule has 0 amide bonds. The van der Waals surface area contributed by atoms with E-state index in [2.05, 4.69) is 47.6 Å². The molecule has 0 aliphatic rings. The molecule has 1 aromatic carbocycles. The first-order chi connectivity index (χ1) is 5.74. The minimum absolute atomic E-state index is 1.04. The van der Waals surface area contributed by atoms with Crippen LogP contribution in [0.2, 0.25) is 0 Å². The molecule has 0 radical (unpaired) electrons. The van der Waals surface area contributed by atoms with Gasteiger partial charge in [-0.25, -0.2) is 0 Å². The van der Waals surface area contributed by atoms with Crippen LogP contribution in [0.5, 0.6) is 0 Å². The highest BCUT2D eigenvalue weighted by Crippen LogP contribution is 2.19. The Kier molecular flexibility index (Phi) is 3.54. The maximum Gasteiger partial charge on any atom is 0.0207 e. The van der Waals surface area contributed by atoms with Gasteiger partial charge in [-0.05, 0) is 31.4 Å². The van der Waals surface area contributed by atoms with Crippen molar-refractivity contribution in [3.8, 4) is 0 Å². The van der Waals surface area contributed by atoms with Gasteiger partial charge in [0, 0.05) is 4.47 Å². The molecule has 1 aromatic rings. The first-order valence-electron chi connectivity index (χ1n) is 4.10. The van der Waals surface area contributed by atoms with E-state index < -0.39 is 0 Å². The maximum absolute atomic E-state index is 3.71. The van der Waals surface area contributed by atoms with Crippen molar-refractivity contribution in [3.05, 3.63) is 46.5 Å². The van der Waals surface area contributed by atoms with Crippen LogP contribution >= 0.6 is 15.9 Å². The molecule has 1 rings (SSSR count). The Labute approximate surface area is 82.4 Å². The second-order valence-electron chi connectivity index (χ2n) is 2.92. The van der Waals surface area contributed by atoms with Crippen molar-refractivity contribution in [1.29, 1.82) is 0 Å². The molecule has 0 saturated carbocycles. The van der Waals surface area contributed by atoms with Crippen molar-refractivity contribution in [2.24, 2.45) is 0 Å². The molecule has 0 fully saturated rings. The Morgan fingerprint density at radius 3 is 2.92 bits per heavy atom. The number of allylic oxidation sites excluding steroid dienone is 1. The fraction of sp³-hybridized carbons (Fsp3) is 0.273. The molecule has 0 N–H and O–H groups in total. The number of hydrogen-bond donors (Lipinski definition) is 0. The van der Waals surface area contributed by atoms with Gasteiger partial charge in [0.2, 0.25) is 0 Å². The summed E-state index contributed by atoms with van der Waals surface area (Å²) in [7, 11) is 0. The highest BCUT2D eigenvalue weighted by Gasteiger charge is 1.97. The van der Waals surface area contributed by atoms with Gasteiger partial charge in [-0.1, -0.05) is 39.7 Å². The van der Waals surface area contributed by atoms with Gasteiger partial charge in [0.15, 0.2) is 0 Å². The third-order valence-electron chi connectivity index (χ3n) is 1.82. The van der Waals surface area contributed by atoms with Crippen LogP contribution in [0.25, 0.3) is 0 Å². The van der Waals surface area contributed by atoms with Gasteiger partial charge < -0.3 is 0 Å². The van der Waals surface area contributed by atoms with E-state index in [0.717, 1.165) is 12.8 Å². The SMILES string of the molecule is C=CCCc1cc(C)ccc1Br. The second-order valence-corrected chi connectivity index (χ2v) is 3.78. The molecule has 64 valence electrons. The van der Waals surface area contributed by atoms with Crippen LogP contribution < -0.4 is 0 Å². The summed E-state index contributed by atoms with van der Waals surface area (Å²) in [6.07, 6.45) is 4.07. The Morgan fingerprint density at radius 2 is 2.25 bits per heavy atom. The molecule has 0 nitrogen and oxygen atoms in total. The molecule has 0 bridgehead atoms. The molecule has 0 saturated heterocycles. The van der Waals surface area contributed by atoms with E-state index in [1.165, 1.54) is 15.6 Å². The molecule has 12 heavy (non-hydrogen) atoms. The summed E-state index contributed by atoms with van der Waals surface area (Å²) in [5.41, 5.74) is 2.69. The largest absolute Gasteiger partial charge is 0.103 e. The Morgan fingerprint density at radius 1 is 1.50 bits per heavy atom. The van der Waals surface area contributed by atoms with Gasteiger partial charge in [-0.2, -0.15) is 0 Å². The molecule has 0 aromatic heterocycles. The van der Waals surface area contributed by atoms with Crippen molar-refractivity contribution in [3.63, 3.8) is 0 Å². The monoisotopic (exact) mass is 224 g/mol. The van der Waals surface area contributed by atoms with Crippen molar-refractivity contribution in [2.45, 2.75) is 19.8 Å². The molecule has 0 heterocycles. The predicted molar refractivity (Wildman–Crippen MR) is 57.4 cm³/mol. The van der Waals surface area contributed by atoms with Crippen molar-refractivity contribution >= 4 is 15.9 Å². The summed E-state index contributed by atoms with van der Waals surface area (Å²) in [4.78, 5) is 0. The minimum atomic E-state index is 1.04. The summed E-state index contributed by atoms with van der Waals surface area (Å²) >= 11 is 3.53. The van der Waals surface area contributed by atoms with Crippen LogP contribution in [0.3, 0.4) is 0 Å². The van der Waals surface area contributed by atoms with E-state index in [0.29, 0.717) is 0 Å². The molecule has 0 aliphatic heterocycles. The van der Waals surface area contributed by atoms with E-state index in [9.17, 15) is 0 Å². The summed E-state index contributed by atoms with van der Waals surface area (Å²) in [6.45, 7) is 5.83. The van der Waals surface area contributed by atoms with Crippen LogP contribution in [0.15, 0.2) is 35.3 Å². The summed E-state index contributed by atoms with van der Waals surface area (Å²) in [5.74, 6) is 0. The number of hydrogen-bond acceptors (Lipinski definition) is 0. The van der Waals surface area contributed by atoms with Gasteiger partial charge in [0.25, 0.3) is 0 Å². The molecular weight excluding hydrogens is 212 g/mol. The lowest BCUT2D eigenvalue weighted by Crippen LogP contribution is -1.86. The molecule has 1 heteroatoms. The highest BCUT2D eigenvalue weighted by molar-refractivity contribution is 9.10. The lowest BCUT2D eigenvalue weighted by molar-refractivity contribution is 0.994. The van der Waals surface area contributed by atoms with Crippen molar-refractivity contribution in [1.82, 2.24) is 0 Å². The fourth-order valence-corrected chi connectivity index (χ4v) is 1.60. The zero-order chi connectivity index (χ0) is 8.97.